The first-order valence-electron chi connectivity index (χ1n) is 6.37. The van der Waals surface area contributed by atoms with Crippen LogP contribution in [0.5, 0.6) is 0 Å². The van der Waals surface area contributed by atoms with Crippen LogP contribution in [0.25, 0.3) is 11.6 Å². The summed E-state index contributed by atoms with van der Waals surface area (Å²) in [6.07, 6.45) is 6.50. The number of nitrogen functional groups attached to an aromatic ring is 1. The van der Waals surface area contributed by atoms with Crippen molar-refractivity contribution < 1.29 is 4.42 Å². The van der Waals surface area contributed by atoms with E-state index in [2.05, 4.69) is 31.3 Å². The Labute approximate surface area is 119 Å². The second-order valence-electron chi connectivity index (χ2n) is 4.73. The summed E-state index contributed by atoms with van der Waals surface area (Å²) < 4.78 is 6.27. The van der Waals surface area contributed by atoms with Gasteiger partial charge in [-0.15, -0.1) is 0 Å². The van der Waals surface area contributed by atoms with E-state index in [-0.39, 0.29) is 0 Å². The minimum absolute atomic E-state index is 0.502. The molecule has 0 bridgehead atoms. The van der Waals surface area contributed by atoms with E-state index in [1.807, 2.05) is 12.1 Å². The molecule has 1 aliphatic rings. The summed E-state index contributed by atoms with van der Waals surface area (Å²) in [5.41, 5.74) is 3.65. The molecule has 0 unspecified atom stereocenters. The van der Waals surface area contributed by atoms with E-state index in [0.29, 0.717) is 23.3 Å². The third kappa shape index (κ3) is 2.50. The molecule has 3 rings (SSSR count). The van der Waals surface area contributed by atoms with Crippen LogP contribution in [0, 0.1) is 0 Å². The molecular weight excluding hydrogens is 308 g/mol. The van der Waals surface area contributed by atoms with Crippen molar-refractivity contribution in [3.63, 3.8) is 0 Å². The van der Waals surface area contributed by atoms with Gasteiger partial charge in [-0.25, -0.2) is 15.8 Å². The lowest BCUT2D eigenvalue weighted by Gasteiger charge is -2.11. The molecule has 1 fully saturated rings. The molecule has 0 spiro atoms. The maximum Gasteiger partial charge on any atom is 0.199 e. The molecule has 2 aromatic rings. The van der Waals surface area contributed by atoms with Crippen molar-refractivity contribution in [2.75, 3.05) is 5.43 Å². The highest BCUT2D eigenvalue weighted by Crippen LogP contribution is 2.35. The van der Waals surface area contributed by atoms with Crippen molar-refractivity contribution in [3.05, 3.63) is 28.6 Å². The molecule has 5 nitrogen and oxygen atoms in total. The maximum atomic E-state index is 5.50. The maximum absolute atomic E-state index is 5.50. The average Bonchev–Trinajstić information content (AvgIpc) is 3.09. The van der Waals surface area contributed by atoms with Gasteiger partial charge in [0.2, 0.25) is 0 Å². The third-order valence-electron chi connectivity index (χ3n) is 3.49. The first kappa shape index (κ1) is 12.6. The van der Waals surface area contributed by atoms with Crippen LogP contribution >= 0.6 is 15.9 Å². The number of rotatable bonds is 3. The SMILES string of the molecule is NNc1cc(C2CCCC2)nc(-c2occc2Br)n1. The van der Waals surface area contributed by atoms with E-state index in [4.69, 9.17) is 10.3 Å². The molecule has 19 heavy (non-hydrogen) atoms. The molecule has 0 amide bonds. The van der Waals surface area contributed by atoms with E-state index < -0.39 is 0 Å². The van der Waals surface area contributed by atoms with Gasteiger partial charge in [0.25, 0.3) is 0 Å². The van der Waals surface area contributed by atoms with Gasteiger partial charge in [-0.05, 0) is 34.8 Å². The highest BCUT2D eigenvalue weighted by molar-refractivity contribution is 9.10. The monoisotopic (exact) mass is 322 g/mol. The Morgan fingerprint density at radius 3 is 2.74 bits per heavy atom. The average molecular weight is 323 g/mol. The molecule has 0 saturated heterocycles. The summed E-state index contributed by atoms with van der Waals surface area (Å²) >= 11 is 3.43. The van der Waals surface area contributed by atoms with E-state index >= 15 is 0 Å². The smallest absolute Gasteiger partial charge is 0.199 e. The zero-order chi connectivity index (χ0) is 13.2. The minimum Gasteiger partial charge on any atom is -0.460 e. The van der Waals surface area contributed by atoms with Crippen LogP contribution in [0.1, 0.15) is 37.3 Å². The number of halogens is 1. The zero-order valence-corrected chi connectivity index (χ0v) is 12.0. The van der Waals surface area contributed by atoms with Crippen LogP contribution < -0.4 is 11.3 Å². The van der Waals surface area contributed by atoms with Crippen LogP contribution in [0.3, 0.4) is 0 Å². The predicted molar refractivity (Wildman–Crippen MR) is 76.5 cm³/mol. The van der Waals surface area contributed by atoms with Crippen LogP contribution in [0.15, 0.2) is 27.3 Å². The summed E-state index contributed by atoms with van der Waals surface area (Å²) in [7, 11) is 0. The number of nitrogens with two attached hydrogens (primary N) is 1. The fourth-order valence-corrected chi connectivity index (χ4v) is 2.90. The lowest BCUT2D eigenvalue weighted by molar-refractivity contribution is 0.574. The third-order valence-corrected chi connectivity index (χ3v) is 4.11. The molecule has 2 heterocycles. The van der Waals surface area contributed by atoms with Crippen molar-refractivity contribution in [2.24, 2.45) is 5.84 Å². The molecule has 0 radical (unpaired) electrons. The molecule has 1 aliphatic carbocycles. The Kier molecular flexibility index (Phi) is 3.52. The van der Waals surface area contributed by atoms with Gasteiger partial charge in [0.05, 0.1) is 10.7 Å². The van der Waals surface area contributed by atoms with Crippen molar-refractivity contribution in [2.45, 2.75) is 31.6 Å². The first-order chi connectivity index (χ1) is 9.28. The number of nitrogens with one attached hydrogen (secondary N) is 1. The fraction of sp³-hybridized carbons (Fsp3) is 0.385. The number of hydrogen-bond donors (Lipinski definition) is 2. The molecule has 0 aliphatic heterocycles. The van der Waals surface area contributed by atoms with E-state index in [1.54, 1.807) is 6.26 Å². The molecule has 0 atom stereocenters. The van der Waals surface area contributed by atoms with Gasteiger partial charge in [0, 0.05) is 17.7 Å². The van der Waals surface area contributed by atoms with E-state index in [1.165, 1.54) is 25.7 Å². The normalized spacial score (nSPS) is 15.9. The van der Waals surface area contributed by atoms with Crippen LogP contribution in [0.4, 0.5) is 5.82 Å². The van der Waals surface area contributed by atoms with Crippen molar-refractivity contribution >= 4 is 21.7 Å². The highest BCUT2D eigenvalue weighted by Gasteiger charge is 2.21. The van der Waals surface area contributed by atoms with Crippen molar-refractivity contribution in [3.8, 4) is 11.6 Å². The predicted octanol–water partition coefficient (Wildman–Crippen LogP) is 3.44. The van der Waals surface area contributed by atoms with E-state index in [9.17, 15) is 0 Å². The lowest BCUT2D eigenvalue weighted by Crippen LogP contribution is -2.11. The topological polar surface area (TPSA) is 77.0 Å². The zero-order valence-electron chi connectivity index (χ0n) is 10.4. The van der Waals surface area contributed by atoms with Gasteiger partial charge in [-0.3, -0.25) is 0 Å². The summed E-state index contributed by atoms with van der Waals surface area (Å²) in [5.74, 6) is 7.82. The Morgan fingerprint density at radius 1 is 1.32 bits per heavy atom. The number of hydrazine groups is 1. The fourth-order valence-electron chi connectivity index (χ4n) is 2.53. The number of hydrogen-bond acceptors (Lipinski definition) is 5. The standard InChI is InChI=1S/C13H15BrN4O/c14-9-5-6-19-12(9)13-16-10(7-11(17-13)18-15)8-3-1-2-4-8/h5-8H,1-4,15H2,(H,16,17,18). The van der Waals surface area contributed by atoms with Gasteiger partial charge in [-0.1, -0.05) is 12.8 Å². The van der Waals surface area contributed by atoms with Gasteiger partial charge in [0.1, 0.15) is 5.82 Å². The van der Waals surface area contributed by atoms with Crippen LogP contribution in [-0.2, 0) is 0 Å². The largest absolute Gasteiger partial charge is 0.460 e. The molecule has 6 heteroatoms. The Bertz CT molecular complexity index is 578. The van der Waals surface area contributed by atoms with Gasteiger partial charge < -0.3 is 9.84 Å². The van der Waals surface area contributed by atoms with Gasteiger partial charge in [-0.2, -0.15) is 0 Å². The van der Waals surface area contributed by atoms with E-state index in [0.717, 1.165) is 10.2 Å². The second kappa shape index (κ2) is 5.30. The minimum atomic E-state index is 0.502. The van der Waals surface area contributed by atoms with Gasteiger partial charge >= 0.3 is 0 Å². The van der Waals surface area contributed by atoms with Gasteiger partial charge in [0.15, 0.2) is 11.6 Å². The quantitative estimate of drug-likeness (QED) is 0.668. The summed E-state index contributed by atoms with van der Waals surface area (Å²) in [5, 5.41) is 0. The molecule has 100 valence electrons. The Balaban J connectivity index is 2.04. The number of anilines is 1. The number of furan rings is 1. The molecule has 1 saturated carbocycles. The molecular formula is C13H15BrN4O. The number of aromatic nitrogens is 2. The Morgan fingerprint density at radius 2 is 2.11 bits per heavy atom. The Hall–Kier alpha value is -1.40. The van der Waals surface area contributed by atoms with Crippen LogP contribution in [0.2, 0.25) is 0 Å². The van der Waals surface area contributed by atoms with Crippen LogP contribution in [-0.4, -0.2) is 9.97 Å². The summed E-state index contributed by atoms with van der Waals surface area (Å²) in [4.78, 5) is 8.99. The first-order valence-corrected chi connectivity index (χ1v) is 7.16. The second-order valence-corrected chi connectivity index (χ2v) is 5.58. The molecule has 2 aromatic heterocycles. The molecule has 0 aromatic carbocycles. The summed E-state index contributed by atoms with van der Waals surface area (Å²) in [6, 6.07) is 3.76. The summed E-state index contributed by atoms with van der Waals surface area (Å²) in [6.45, 7) is 0. The highest BCUT2D eigenvalue weighted by atomic mass is 79.9. The van der Waals surface area contributed by atoms with Crippen molar-refractivity contribution in [1.82, 2.24) is 9.97 Å². The molecule has 3 N–H and O–H groups in total. The van der Waals surface area contributed by atoms with Crippen molar-refractivity contribution in [1.29, 1.82) is 0 Å². The number of nitrogens with zero attached hydrogens (tertiary/aromatic N) is 2. The lowest BCUT2D eigenvalue weighted by atomic mass is 10.0.